The second-order valence-corrected chi connectivity index (χ2v) is 4.79. The molecule has 0 radical (unpaired) electrons. The minimum absolute atomic E-state index is 0.661. The maximum absolute atomic E-state index is 8.56. The van der Waals surface area contributed by atoms with Crippen LogP contribution in [0.1, 0.15) is 5.69 Å². The molecule has 1 aromatic rings. The van der Waals surface area contributed by atoms with Crippen LogP contribution in [0.15, 0.2) is 0 Å². The van der Waals surface area contributed by atoms with Gasteiger partial charge in [0.25, 0.3) is 0 Å². The molecule has 0 fully saturated rings. The Bertz CT molecular complexity index is 297. The SMILES string of the molecule is N#Cc1[nH]c(I)c(I)c1I. The van der Waals surface area contributed by atoms with Gasteiger partial charge in [0, 0.05) is 0 Å². The highest BCUT2D eigenvalue weighted by Crippen LogP contribution is 2.23. The van der Waals surface area contributed by atoms with Crippen LogP contribution in [0.5, 0.6) is 0 Å². The molecular formula is C5HI3N2. The molecular weight excluding hydrogens is 469 g/mol. The lowest BCUT2D eigenvalue weighted by Crippen LogP contribution is -1.74. The summed E-state index contributed by atoms with van der Waals surface area (Å²) in [6, 6.07) is 2.08. The van der Waals surface area contributed by atoms with Crippen LogP contribution in [0, 0.1) is 22.2 Å². The summed E-state index contributed by atoms with van der Waals surface area (Å²) in [6.07, 6.45) is 0. The van der Waals surface area contributed by atoms with E-state index in [2.05, 4.69) is 78.8 Å². The maximum atomic E-state index is 8.56. The van der Waals surface area contributed by atoms with E-state index in [0.29, 0.717) is 5.69 Å². The van der Waals surface area contributed by atoms with E-state index in [9.17, 15) is 0 Å². The molecule has 10 heavy (non-hydrogen) atoms. The lowest BCUT2D eigenvalue weighted by Gasteiger charge is -1.81. The first-order valence-electron chi connectivity index (χ1n) is 2.29. The van der Waals surface area contributed by atoms with Gasteiger partial charge in [0.15, 0.2) is 0 Å². The monoisotopic (exact) mass is 470 g/mol. The molecule has 0 aromatic carbocycles. The Morgan fingerprint density at radius 3 is 2.00 bits per heavy atom. The predicted molar refractivity (Wildman–Crippen MR) is 63.7 cm³/mol. The molecule has 0 bridgehead atoms. The van der Waals surface area contributed by atoms with Gasteiger partial charge in [-0.15, -0.1) is 0 Å². The van der Waals surface area contributed by atoms with Crippen molar-refractivity contribution in [3.8, 4) is 6.07 Å². The number of halogens is 3. The zero-order chi connectivity index (χ0) is 7.72. The molecule has 1 heterocycles. The average molecular weight is 470 g/mol. The van der Waals surface area contributed by atoms with Gasteiger partial charge in [0.05, 0.1) is 10.8 Å². The second kappa shape index (κ2) is 3.57. The van der Waals surface area contributed by atoms with Crippen LogP contribution in [-0.4, -0.2) is 4.98 Å². The number of aromatic nitrogens is 1. The van der Waals surface area contributed by atoms with Crippen molar-refractivity contribution in [2.45, 2.75) is 0 Å². The van der Waals surface area contributed by atoms with Gasteiger partial charge in [0.2, 0.25) is 0 Å². The van der Waals surface area contributed by atoms with E-state index in [0.717, 1.165) is 10.8 Å². The van der Waals surface area contributed by atoms with Crippen molar-refractivity contribution in [2.75, 3.05) is 0 Å². The van der Waals surface area contributed by atoms with Crippen molar-refractivity contribution < 1.29 is 0 Å². The Balaban J connectivity index is 3.34. The Hall–Kier alpha value is 0.960. The van der Waals surface area contributed by atoms with Crippen LogP contribution in [0.4, 0.5) is 0 Å². The molecule has 0 atom stereocenters. The van der Waals surface area contributed by atoms with E-state index in [-0.39, 0.29) is 0 Å². The summed E-state index contributed by atoms with van der Waals surface area (Å²) in [5, 5.41) is 8.56. The Kier molecular flexibility index (Phi) is 3.23. The van der Waals surface area contributed by atoms with Gasteiger partial charge in [-0.3, -0.25) is 0 Å². The zero-order valence-electron chi connectivity index (χ0n) is 4.58. The van der Waals surface area contributed by atoms with E-state index < -0.39 is 0 Å². The number of hydrogen-bond donors (Lipinski definition) is 1. The first-order chi connectivity index (χ1) is 4.66. The normalized spacial score (nSPS) is 9.40. The number of nitriles is 1. The van der Waals surface area contributed by atoms with E-state index in [1.54, 1.807) is 0 Å². The Labute approximate surface area is 99.2 Å². The summed E-state index contributed by atoms with van der Waals surface area (Å²) in [6.45, 7) is 0. The van der Waals surface area contributed by atoms with Crippen molar-refractivity contribution >= 4 is 67.8 Å². The Morgan fingerprint density at radius 2 is 1.80 bits per heavy atom. The summed E-state index contributed by atoms with van der Waals surface area (Å²) in [4.78, 5) is 2.97. The number of nitrogens with one attached hydrogen (secondary N) is 1. The molecule has 0 saturated carbocycles. The highest BCUT2D eigenvalue weighted by Gasteiger charge is 2.09. The third-order valence-electron chi connectivity index (χ3n) is 0.951. The van der Waals surface area contributed by atoms with Crippen molar-refractivity contribution in [3.63, 3.8) is 0 Å². The molecule has 2 nitrogen and oxygen atoms in total. The lowest BCUT2D eigenvalue weighted by atomic mass is 10.5. The smallest absolute Gasteiger partial charge is 0.133 e. The minimum Gasteiger partial charge on any atom is -0.340 e. The number of nitrogens with zero attached hydrogens (tertiary/aromatic N) is 1. The summed E-state index contributed by atoms with van der Waals surface area (Å²) >= 11 is 6.55. The zero-order valence-corrected chi connectivity index (χ0v) is 11.1. The minimum atomic E-state index is 0.661. The van der Waals surface area contributed by atoms with E-state index in [1.165, 1.54) is 0 Å². The Morgan fingerprint density at radius 1 is 1.20 bits per heavy atom. The molecule has 0 aliphatic heterocycles. The van der Waals surface area contributed by atoms with E-state index in [4.69, 9.17) is 5.26 Å². The van der Waals surface area contributed by atoms with Crippen LogP contribution in [-0.2, 0) is 0 Å². The van der Waals surface area contributed by atoms with Gasteiger partial charge < -0.3 is 4.98 Å². The fourth-order valence-corrected chi connectivity index (χ4v) is 2.49. The van der Waals surface area contributed by atoms with Crippen LogP contribution in [0.25, 0.3) is 0 Å². The number of hydrogen-bond acceptors (Lipinski definition) is 1. The van der Waals surface area contributed by atoms with Crippen molar-refractivity contribution in [3.05, 3.63) is 16.5 Å². The van der Waals surface area contributed by atoms with Crippen LogP contribution in [0.3, 0.4) is 0 Å². The van der Waals surface area contributed by atoms with Crippen molar-refractivity contribution in [1.82, 2.24) is 4.98 Å². The third-order valence-corrected chi connectivity index (χ3v) is 5.98. The van der Waals surface area contributed by atoms with Gasteiger partial charge in [-0.1, -0.05) is 0 Å². The average Bonchev–Trinajstić information content (AvgIpc) is 2.17. The van der Waals surface area contributed by atoms with E-state index >= 15 is 0 Å². The van der Waals surface area contributed by atoms with Crippen LogP contribution >= 0.6 is 67.8 Å². The third kappa shape index (κ3) is 1.58. The molecule has 0 amide bonds. The van der Waals surface area contributed by atoms with Crippen LogP contribution in [0.2, 0.25) is 0 Å². The number of aromatic amines is 1. The highest BCUT2D eigenvalue weighted by atomic mass is 127. The summed E-state index contributed by atoms with van der Waals surface area (Å²) in [5.74, 6) is 0. The molecule has 1 rings (SSSR count). The summed E-state index contributed by atoms with van der Waals surface area (Å²) < 4.78 is 3.19. The maximum Gasteiger partial charge on any atom is 0.133 e. The summed E-state index contributed by atoms with van der Waals surface area (Å²) in [5.41, 5.74) is 0.661. The van der Waals surface area contributed by atoms with Gasteiger partial charge in [-0.2, -0.15) is 5.26 Å². The molecule has 0 spiro atoms. The number of rotatable bonds is 0. The molecule has 0 aliphatic rings. The van der Waals surface area contributed by atoms with Gasteiger partial charge >= 0.3 is 0 Å². The van der Waals surface area contributed by atoms with Gasteiger partial charge in [-0.05, 0) is 67.8 Å². The van der Waals surface area contributed by atoms with Crippen molar-refractivity contribution in [2.24, 2.45) is 0 Å². The standard InChI is InChI=1S/C5HI3N2/c6-3-2(1-9)10-5(8)4(3)7/h10H. The quantitative estimate of drug-likeness (QED) is 0.583. The lowest BCUT2D eigenvalue weighted by molar-refractivity contribution is 1.28. The molecule has 0 unspecified atom stereocenters. The molecule has 0 saturated heterocycles. The largest absolute Gasteiger partial charge is 0.340 e. The first kappa shape index (κ1) is 9.05. The highest BCUT2D eigenvalue weighted by molar-refractivity contribution is 14.1. The molecule has 0 aliphatic carbocycles. The second-order valence-electron chi connectivity index (χ2n) is 1.55. The molecule has 5 heteroatoms. The fraction of sp³-hybridized carbons (Fsp3) is 0. The predicted octanol–water partition coefficient (Wildman–Crippen LogP) is 2.70. The van der Waals surface area contributed by atoms with Crippen LogP contribution < -0.4 is 0 Å². The summed E-state index contributed by atoms with van der Waals surface area (Å²) in [7, 11) is 0. The van der Waals surface area contributed by atoms with Gasteiger partial charge in [0.1, 0.15) is 11.8 Å². The van der Waals surface area contributed by atoms with E-state index in [1.807, 2.05) is 0 Å². The number of H-pyrrole nitrogens is 1. The molecule has 1 aromatic heterocycles. The molecule has 1 N–H and O–H groups in total. The first-order valence-corrected chi connectivity index (χ1v) is 5.53. The topological polar surface area (TPSA) is 39.6 Å². The van der Waals surface area contributed by atoms with Gasteiger partial charge in [-0.25, -0.2) is 0 Å². The molecule has 52 valence electrons. The fourth-order valence-electron chi connectivity index (χ4n) is 0.503. The van der Waals surface area contributed by atoms with Crippen molar-refractivity contribution in [1.29, 1.82) is 5.26 Å².